The summed E-state index contributed by atoms with van der Waals surface area (Å²) >= 11 is 0. The number of nitrogens with zero attached hydrogens (tertiary/aromatic N) is 2. The SMILES string of the molecule is C[C@@]1(c2cc(NC(=O)c3ccc(OCC4CC4)nc3N)ccc2F)CO[C@@](C)(C(F)(F)F)C(N)=N1. The van der Waals surface area contributed by atoms with E-state index < -0.39 is 41.5 Å². The molecule has 2 heterocycles. The third-order valence-electron chi connectivity index (χ3n) is 6.15. The van der Waals surface area contributed by atoms with Gasteiger partial charge < -0.3 is 26.3 Å². The Morgan fingerprint density at radius 1 is 1.23 bits per heavy atom. The summed E-state index contributed by atoms with van der Waals surface area (Å²) in [6, 6.07) is 6.62. The number of benzene rings is 1. The van der Waals surface area contributed by atoms with Crippen molar-refractivity contribution in [2.75, 3.05) is 24.3 Å². The second kappa shape index (κ2) is 8.67. The molecule has 2 atom stereocenters. The molecule has 1 aromatic carbocycles. The van der Waals surface area contributed by atoms with E-state index in [0.29, 0.717) is 18.4 Å². The molecular weight excluding hydrogens is 470 g/mol. The minimum absolute atomic E-state index is 0.0467. The van der Waals surface area contributed by atoms with Gasteiger partial charge in [0.25, 0.3) is 5.91 Å². The largest absolute Gasteiger partial charge is 0.477 e. The molecule has 0 spiro atoms. The molecule has 4 rings (SSSR count). The first-order chi connectivity index (χ1) is 16.3. The number of halogens is 4. The highest BCUT2D eigenvalue weighted by Gasteiger charge is 2.59. The van der Waals surface area contributed by atoms with Crippen molar-refractivity contribution >= 4 is 23.2 Å². The molecule has 5 N–H and O–H groups in total. The van der Waals surface area contributed by atoms with Gasteiger partial charge in [0.2, 0.25) is 11.5 Å². The zero-order valence-corrected chi connectivity index (χ0v) is 19.1. The van der Waals surface area contributed by atoms with Crippen LogP contribution in [0, 0.1) is 11.7 Å². The van der Waals surface area contributed by atoms with Crippen LogP contribution >= 0.6 is 0 Å². The van der Waals surface area contributed by atoms with Crippen LogP contribution in [0.5, 0.6) is 5.88 Å². The number of ether oxygens (including phenoxy) is 2. The number of alkyl halides is 3. The van der Waals surface area contributed by atoms with E-state index in [4.69, 9.17) is 20.9 Å². The maximum Gasteiger partial charge on any atom is 0.424 e. The van der Waals surface area contributed by atoms with E-state index in [-0.39, 0.29) is 22.6 Å². The van der Waals surface area contributed by atoms with Crippen molar-refractivity contribution in [2.24, 2.45) is 16.6 Å². The average molecular weight is 495 g/mol. The topological polar surface area (TPSA) is 125 Å². The zero-order valence-electron chi connectivity index (χ0n) is 19.1. The van der Waals surface area contributed by atoms with E-state index in [0.717, 1.165) is 25.8 Å². The Morgan fingerprint density at radius 3 is 2.54 bits per heavy atom. The Hall–Kier alpha value is -3.41. The van der Waals surface area contributed by atoms with Gasteiger partial charge in [0.15, 0.2) is 0 Å². The fraction of sp³-hybridized carbons (Fsp3) is 0.435. The van der Waals surface area contributed by atoms with Crippen LogP contribution in [-0.2, 0) is 10.3 Å². The second-order valence-electron chi connectivity index (χ2n) is 9.08. The summed E-state index contributed by atoms with van der Waals surface area (Å²) in [5.74, 6) is -1.41. The number of carbonyl (C=O) groups excluding carboxylic acids is 1. The van der Waals surface area contributed by atoms with E-state index in [2.05, 4.69) is 15.3 Å². The maximum atomic E-state index is 14.7. The molecule has 0 saturated heterocycles. The lowest BCUT2D eigenvalue weighted by atomic mass is 9.89. The molecule has 0 bridgehead atoms. The summed E-state index contributed by atoms with van der Waals surface area (Å²) in [4.78, 5) is 20.8. The molecule has 188 valence electrons. The van der Waals surface area contributed by atoms with Crippen LogP contribution in [0.3, 0.4) is 0 Å². The number of amides is 1. The van der Waals surface area contributed by atoms with Crippen molar-refractivity contribution in [1.29, 1.82) is 0 Å². The molecular formula is C23H25F4N5O3. The highest BCUT2D eigenvalue weighted by Crippen LogP contribution is 2.41. The number of nitrogen functional groups attached to an aromatic ring is 1. The van der Waals surface area contributed by atoms with Crippen molar-refractivity contribution in [2.45, 2.75) is 44.0 Å². The van der Waals surface area contributed by atoms with Gasteiger partial charge >= 0.3 is 6.18 Å². The quantitative estimate of drug-likeness (QED) is 0.524. The standard InChI is InChI=1S/C23H25F4N5O3/c1-21(11-35-22(2,20(29)32-21)23(25,26)27)15-9-13(5-7-16(15)24)30-19(33)14-6-8-17(31-18(14)28)34-10-12-3-4-12/h5-9,12H,3-4,10-11H2,1-2H3,(H2,28,31)(H2,29,32)(H,30,33)/t21-,22+/m0/s1. The summed E-state index contributed by atoms with van der Waals surface area (Å²) in [6.07, 6.45) is -2.58. The highest BCUT2D eigenvalue weighted by molar-refractivity contribution is 6.07. The lowest BCUT2D eigenvalue weighted by Crippen LogP contribution is -2.60. The van der Waals surface area contributed by atoms with E-state index in [1.54, 1.807) is 0 Å². The van der Waals surface area contributed by atoms with E-state index in [1.165, 1.54) is 31.2 Å². The monoisotopic (exact) mass is 495 g/mol. The molecule has 35 heavy (non-hydrogen) atoms. The molecule has 1 saturated carbocycles. The molecule has 1 aliphatic carbocycles. The third kappa shape index (κ3) is 4.88. The summed E-state index contributed by atoms with van der Waals surface area (Å²) in [5, 5.41) is 2.59. The molecule has 2 aromatic rings. The first-order valence-electron chi connectivity index (χ1n) is 10.9. The Morgan fingerprint density at radius 2 is 1.94 bits per heavy atom. The minimum Gasteiger partial charge on any atom is -0.477 e. The smallest absolute Gasteiger partial charge is 0.424 e. The Balaban J connectivity index is 1.54. The molecule has 8 nitrogen and oxygen atoms in total. The number of nitrogens with one attached hydrogen (secondary N) is 1. The van der Waals surface area contributed by atoms with Gasteiger partial charge in [0.05, 0.1) is 18.8 Å². The number of rotatable bonds is 6. The number of aliphatic imine (C=N–C) groups is 1. The maximum absolute atomic E-state index is 14.7. The van der Waals surface area contributed by atoms with Gasteiger partial charge in [-0.15, -0.1) is 0 Å². The Labute approximate surface area is 198 Å². The summed E-state index contributed by atoms with van der Waals surface area (Å²) in [6.45, 7) is 2.10. The predicted octanol–water partition coefficient (Wildman–Crippen LogP) is 3.77. The van der Waals surface area contributed by atoms with Crippen LogP contribution in [0.2, 0.25) is 0 Å². The lowest BCUT2D eigenvalue weighted by Gasteiger charge is -2.41. The van der Waals surface area contributed by atoms with Crippen molar-refractivity contribution in [1.82, 2.24) is 4.98 Å². The molecule has 0 unspecified atom stereocenters. The van der Waals surface area contributed by atoms with Gasteiger partial charge in [-0.25, -0.2) is 4.39 Å². The average Bonchev–Trinajstić information content (AvgIpc) is 3.60. The Bertz CT molecular complexity index is 1180. The summed E-state index contributed by atoms with van der Waals surface area (Å²) < 4.78 is 65.5. The number of nitrogens with two attached hydrogens (primary N) is 2. The molecule has 12 heteroatoms. The number of hydrogen-bond donors (Lipinski definition) is 3. The fourth-order valence-corrected chi connectivity index (χ4v) is 3.56. The molecule has 1 aliphatic heterocycles. The minimum atomic E-state index is -4.80. The molecule has 1 fully saturated rings. The van der Waals surface area contributed by atoms with Gasteiger partial charge in [-0.2, -0.15) is 18.2 Å². The lowest BCUT2D eigenvalue weighted by molar-refractivity contribution is -0.249. The fourth-order valence-electron chi connectivity index (χ4n) is 3.56. The van der Waals surface area contributed by atoms with Crippen molar-refractivity contribution in [3.8, 4) is 5.88 Å². The van der Waals surface area contributed by atoms with Gasteiger partial charge in [0.1, 0.15) is 23.0 Å². The normalized spacial score (nSPS) is 24.6. The van der Waals surface area contributed by atoms with E-state index >= 15 is 0 Å². The van der Waals surface area contributed by atoms with Crippen LogP contribution in [-0.4, -0.2) is 41.7 Å². The summed E-state index contributed by atoms with van der Waals surface area (Å²) in [7, 11) is 0. The van der Waals surface area contributed by atoms with E-state index in [9.17, 15) is 22.4 Å². The first kappa shape index (κ1) is 24.7. The molecule has 1 aromatic heterocycles. The highest BCUT2D eigenvalue weighted by atomic mass is 19.4. The number of amidine groups is 1. The number of carbonyl (C=O) groups is 1. The third-order valence-corrected chi connectivity index (χ3v) is 6.15. The molecule has 2 aliphatic rings. The number of hydrogen-bond acceptors (Lipinski definition) is 7. The molecule has 0 radical (unpaired) electrons. The van der Waals surface area contributed by atoms with Gasteiger partial charge in [-0.3, -0.25) is 9.79 Å². The summed E-state index contributed by atoms with van der Waals surface area (Å²) in [5.41, 5.74) is 7.32. The number of pyridine rings is 1. The Kier molecular flexibility index (Phi) is 6.12. The number of aromatic nitrogens is 1. The van der Waals surface area contributed by atoms with Crippen LogP contribution in [0.1, 0.15) is 42.6 Å². The van der Waals surface area contributed by atoms with Crippen LogP contribution in [0.25, 0.3) is 0 Å². The second-order valence-corrected chi connectivity index (χ2v) is 9.08. The predicted molar refractivity (Wildman–Crippen MR) is 121 cm³/mol. The van der Waals surface area contributed by atoms with Gasteiger partial charge in [-0.05, 0) is 56.9 Å². The van der Waals surface area contributed by atoms with Gasteiger partial charge in [-0.1, -0.05) is 0 Å². The van der Waals surface area contributed by atoms with Crippen molar-refractivity contribution in [3.63, 3.8) is 0 Å². The van der Waals surface area contributed by atoms with Crippen molar-refractivity contribution < 1.29 is 31.8 Å². The number of anilines is 2. The first-order valence-corrected chi connectivity index (χ1v) is 10.9. The van der Waals surface area contributed by atoms with Crippen LogP contribution in [0.15, 0.2) is 35.3 Å². The van der Waals surface area contributed by atoms with Crippen molar-refractivity contribution in [3.05, 3.63) is 47.3 Å². The zero-order chi connectivity index (χ0) is 25.6. The van der Waals surface area contributed by atoms with Crippen LogP contribution < -0.4 is 21.5 Å². The van der Waals surface area contributed by atoms with Gasteiger partial charge in [0, 0.05) is 17.3 Å². The van der Waals surface area contributed by atoms with E-state index in [1.807, 2.05) is 0 Å². The van der Waals surface area contributed by atoms with Crippen LogP contribution in [0.4, 0.5) is 29.1 Å². The molecule has 1 amide bonds.